The van der Waals surface area contributed by atoms with Gasteiger partial charge in [-0.15, -0.1) is 0 Å². The Morgan fingerprint density at radius 2 is 2.00 bits per heavy atom. The van der Waals surface area contributed by atoms with Crippen LogP contribution < -0.4 is 10.5 Å². The van der Waals surface area contributed by atoms with Gasteiger partial charge in [-0.1, -0.05) is 46.0 Å². The average molecular weight is 332 g/mol. The summed E-state index contributed by atoms with van der Waals surface area (Å²) < 4.78 is 41.1. The molecule has 0 saturated carbocycles. The maximum atomic E-state index is 13.8. The first-order valence-electron chi connectivity index (χ1n) is 6.57. The van der Waals surface area contributed by atoms with Crippen LogP contribution in [0.4, 0.5) is 4.39 Å². The molecule has 0 aromatic heterocycles. The fraction of sp³-hybridized carbons (Fsp3) is 0.500. The van der Waals surface area contributed by atoms with Crippen LogP contribution in [0.25, 0.3) is 0 Å². The normalized spacial score (nSPS) is 12.7. The lowest BCUT2D eigenvalue weighted by atomic mass is 9.81. The van der Waals surface area contributed by atoms with E-state index < -0.39 is 15.8 Å². The van der Waals surface area contributed by atoms with Gasteiger partial charge in [-0.25, -0.2) is 17.5 Å². The third kappa shape index (κ3) is 4.21. The highest BCUT2D eigenvalue weighted by molar-refractivity contribution is 7.89. The lowest BCUT2D eigenvalue weighted by Gasteiger charge is -2.29. The van der Waals surface area contributed by atoms with E-state index in [1.165, 1.54) is 12.1 Å². The molecular formula is C14H21FN2O2S2. The summed E-state index contributed by atoms with van der Waals surface area (Å²) in [5.41, 5.74) is 4.96. The molecule has 0 fully saturated rings. The predicted molar refractivity (Wildman–Crippen MR) is 86.1 cm³/mol. The summed E-state index contributed by atoms with van der Waals surface area (Å²) in [6.07, 6.45) is 0. The SMILES string of the molecule is CC(C)C(C)(C)CNS(=O)(=O)c1cccc(F)c1C(N)=S. The second-order valence-electron chi connectivity index (χ2n) is 5.95. The molecule has 7 heteroatoms. The molecule has 3 N–H and O–H groups in total. The van der Waals surface area contributed by atoms with Gasteiger partial charge in [0.05, 0.1) is 10.5 Å². The van der Waals surface area contributed by atoms with Crippen molar-refractivity contribution >= 4 is 27.2 Å². The number of rotatable bonds is 6. The highest BCUT2D eigenvalue weighted by Gasteiger charge is 2.27. The molecule has 0 bridgehead atoms. The Balaban J connectivity index is 3.16. The summed E-state index contributed by atoms with van der Waals surface area (Å²) in [5.74, 6) is -0.462. The van der Waals surface area contributed by atoms with Crippen LogP contribution in [0.2, 0.25) is 0 Å². The fourth-order valence-electron chi connectivity index (χ4n) is 1.53. The Hall–Kier alpha value is -1.05. The molecule has 0 atom stereocenters. The molecule has 0 saturated heterocycles. The van der Waals surface area contributed by atoms with Gasteiger partial charge in [0.1, 0.15) is 10.8 Å². The minimum Gasteiger partial charge on any atom is -0.389 e. The van der Waals surface area contributed by atoms with Gasteiger partial charge >= 0.3 is 0 Å². The standard InChI is InChI=1S/C14H21FN2O2S2/c1-9(2)14(3,4)8-17-21(18,19)11-7-5-6-10(15)12(11)13(16)20/h5-7,9,17H,8H2,1-4H3,(H2,16,20). The Kier molecular flexibility index (Phi) is 5.46. The second kappa shape index (κ2) is 6.37. The molecule has 0 aliphatic heterocycles. The topological polar surface area (TPSA) is 72.2 Å². The number of nitrogens with one attached hydrogen (secondary N) is 1. The van der Waals surface area contributed by atoms with E-state index in [-0.39, 0.29) is 33.3 Å². The summed E-state index contributed by atoms with van der Waals surface area (Å²) in [6.45, 7) is 8.18. The van der Waals surface area contributed by atoms with Crippen LogP contribution in [-0.4, -0.2) is 20.0 Å². The number of sulfonamides is 1. The molecule has 0 amide bonds. The maximum absolute atomic E-state index is 13.8. The average Bonchev–Trinajstić information content (AvgIpc) is 2.35. The zero-order valence-corrected chi connectivity index (χ0v) is 14.2. The van der Waals surface area contributed by atoms with Gasteiger partial charge in [-0.05, 0) is 23.5 Å². The smallest absolute Gasteiger partial charge is 0.241 e. The van der Waals surface area contributed by atoms with Crippen molar-refractivity contribution in [2.24, 2.45) is 17.1 Å². The molecule has 1 aromatic rings. The van der Waals surface area contributed by atoms with E-state index in [2.05, 4.69) is 4.72 Å². The Morgan fingerprint density at radius 1 is 1.43 bits per heavy atom. The molecule has 1 aromatic carbocycles. The molecule has 0 unspecified atom stereocenters. The van der Waals surface area contributed by atoms with E-state index in [1.54, 1.807) is 0 Å². The summed E-state index contributed by atoms with van der Waals surface area (Å²) >= 11 is 4.75. The molecule has 118 valence electrons. The van der Waals surface area contributed by atoms with Crippen LogP contribution >= 0.6 is 12.2 Å². The van der Waals surface area contributed by atoms with Crippen molar-refractivity contribution in [3.8, 4) is 0 Å². The number of halogens is 1. The Labute approximate surface area is 131 Å². The van der Waals surface area contributed by atoms with Gasteiger partial charge in [0, 0.05) is 6.54 Å². The number of nitrogens with two attached hydrogens (primary N) is 1. The quantitative estimate of drug-likeness (QED) is 0.785. The number of hydrogen-bond donors (Lipinski definition) is 2. The largest absolute Gasteiger partial charge is 0.389 e. The number of thiocarbonyl (C=S) groups is 1. The van der Waals surface area contributed by atoms with Crippen LogP contribution in [-0.2, 0) is 10.0 Å². The van der Waals surface area contributed by atoms with Crippen LogP contribution in [0.5, 0.6) is 0 Å². The third-order valence-corrected chi connectivity index (χ3v) is 5.44. The summed E-state index contributed by atoms with van der Waals surface area (Å²) in [4.78, 5) is -0.508. The van der Waals surface area contributed by atoms with Crippen LogP contribution in [0, 0.1) is 17.2 Å². The van der Waals surface area contributed by atoms with Crippen LogP contribution in [0.3, 0.4) is 0 Å². The van der Waals surface area contributed by atoms with E-state index in [0.29, 0.717) is 0 Å². The molecular weight excluding hydrogens is 311 g/mol. The van der Waals surface area contributed by atoms with Gasteiger partial charge in [0.2, 0.25) is 10.0 Å². The minimum absolute atomic E-state index is 0.227. The van der Waals surface area contributed by atoms with E-state index in [4.69, 9.17) is 18.0 Å². The lowest BCUT2D eigenvalue weighted by molar-refractivity contribution is 0.252. The van der Waals surface area contributed by atoms with Gasteiger partial charge < -0.3 is 5.73 Å². The fourth-order valence-corrected chi connectivity index (χ4v) is 3.25. The van der Waals surface area contributed by atoms with Crippen LogP contribution in [0.1, 0.15) is 33.3 Å². The summed E-state index contributed by atoms with van der Waals surface area (Å²) in [7, 11) is -3.88. The monoisotopic (exact) mass is 332 g/mol. The molecule has 0 spiro atoms. The third-order valence-electron chi connectivity index (χ3n) is 3.79. The Bertz CT molecular complexity index is 640. The van der Waals surface area contributed by atoms with E-state index in [1.807, 2.05) is 27.7 Å². The minimum atomic E-state index is -3.88. The lowest BCUT2D eigenvalue weighted by Crippen LogP contribution is -2.37. The molecule has 0 aliphatic rings. The molecule has 0 aliphatic carbocycles. The number of hydrogen-bond acceptors (Lipinski definition) is 3. The maximum Gasteiger partial charge on any atom is 0.241 e. The first kappa shape index (κ1) is 18.0. The van der Waals surface area contributed by atoms with Crippen molar-refractivity contribution in [1.29, 1.82) is 0 Å². The van der Waals surface area contributed by atoms with E-state index in [0.717, 1.165) is 6.07 Å². The van der Waals surface area contributed by atoms with E-state index in [9.17, 15) is 12.8 Å². The molecule has 0 heterocycles. The molecule has 1 rings (SSSR count). The van der Waals surface area contributed by atoms with E-state index >= 15 is 0 Å². The van der Waals surface area contributed by atoms with Gasteiger partial charge in [0.15, 0.2) is 0 Å². The highest BCUT2D eigenvalue weighted by atomic mass is 32.2. The van der Waals surface area contributed by atoms with Crippen molar-refractivity contribution in [3.05, 3.63) is 29.6 Å². The van der Waals surface area contributed by atoms with Crippen molar-refractivity contribution in [1.82, 2.24) is 4.72 Å². The Morgan fingerprint density at radius 3 is 2.48 bits per heavy atom. The second-order valence-corrected chi connectivity index (χ2v) is 8.12. The zero-order chi connectivity index (χ0) is 16.4. The van der Waals surface area contributed by atoms with Gasteiger partial charge in [0.25, 0.3) is 0 Å². The first-order chi connectivity index (χ1) is 9.49. The molecule has 21 heavy (non-hydrogen) atoms. The summed E-state index contributed by atoms with van der Waals surface area (Å²) in [5, 5.41) is 0. The van der Waals surface area contributed by atoms with Crippen LogP contribution in [0.15, 0.2) is 23.1 Å². The predicted octanol–water partition coefficient (Wildman–Crippen LogP) is 2.42. The van der Waals surface area contributed by atoms with Gasteiger partial charge in [-0.3, -0.25) is 0 Å². The zero-order valence-electron chi connectivity index (χ0n) is 12.6. The first-order valence-corrected chi connectivity index (χ1v) is 8.46. The highest BCUT2D eigenvalue weighted by Crippen LogP contribution is 2.26. The molecule has 4 nitrogen and oxygen atoms in total. The van der Waals surface area contributed by atoms with Crippen molar-refractivity contribution in [3.63, 3.8) is 0 Å². The van der Waals surface area contributed by atoms with Crippen molar-refractivity contribution < 1.29 is 12.8 Å². The number of benzene rings is 1. The summed E-state index contributed by atoms with van der Waals surface area (Å²) in [6, 6.07) is 3.74. The van der Waals surface area contributed by atoms with Gasteiger partial charge in [-0.2, -0.15) is 0 Å². The van der Waals surface area contributed by atoms with Crippen molar-refractivity contribution in [2.75, 3.05) is 6.54 Å². The van der Waals surface area contributed by atoms with Crippen molar-refractivity contribution in [2.45, 2.75) is 32.6 Å². The molecule has 0 radical (unpaired) electrons.